The standard InChI is InChI=1S/C14H13BrN2O3S/c1-8-3-2-4-10(12(8)13(18)19)17-14(20)16-7-9-5-6-11(15)21-9/h2-6H,7H2,1H3,(H,18,19)(H2,16,17,20). The Balaban J connectivity index is 2.03. The molecule has 0 saturated carbocycles. The highest BCUT2D eigenvalue weighted by Gasteiger charge is 2.14. The van der Waals surface area contributed by atoms with Crippen LogP contribution in [0, 0.1) is 6.92 Å². The number of benzene rings is 1. The molecule has 0 aliphatic rings. The number of carbonyl (C=O) groups excluding carboxylic acids is 1. The zero-order chi connectivity index (χ0) is 15.4. The summed E-state index contributed by atoms with van der Waals surface area (Å²) in [7, 11) is 0. The molecule has 7 heteroatoms. The van der Waals surface area contributed by atoms with Crippen LogP contribution in [-0.4, -0.2) is 17.1 Å². The van der Waals surface area contributed by atoms with Crippen LogP contribution in [0.25, 0.3) is 0 Å². The largest absolute Gasteiger partial charge is 0.478 e. The number of aryl methyl sites for hydroxylation is 1. The highest BCUT2D eigenvalue weighted by atomic mass is 79.9. The van der Waals surface area contributed by atoms with Crippen LogP contribution in [0.2, 0.25) is 0 Å². The summed E-state index contributed by atoms with van der Waals surface area (Å²) in [6, 6.07) is 8.33. The zero-order valence-electron chi connectivity index (χ0n) is 11.1. The number of carboxylic acids is 1. The molecule has 0 aliphatic carbocycles. The molecule has 1 heterocycles. The number of nitrogens with one attached hydrogen (secondary N) is 2. The van der Waals surface area contributed by atoms with Gasteiger partial charge in [0.2, 0.25) is 0 Å². The fourth-order valence-corrected chi connectivity index (χ4v) is 3.26. The average molecular weight is 369 g/mol. The van der Waals surface area contributed by atoms with Crippen molar-refractivity contribution in [2.24, 2.45) is 0 Å². The quantitative estimate of drug-likeness (QED) is 0.766. The minimum absolute atomic E-state index is 0.103. The predicted octanol–water partition coefficient (Wildman–Crippen LogP) is 3.84. The lowest BCUT2D eigenvalue weighted by Gasteiger charge is -2.11. The van der Waals surface area contributed by atoms with Gasteiger partial charge in [0.25, 0.3) is 0 Å². The lowest BCUT2D eigenvalue weighted by Crippen LogP contribution is -2.28. The molecule has 1 aromatic carbocycles. The Bertz CT molecular complexity index is 685. The van der Waals surface area contributed by atoms with Gasteiger partial charge in [-0.05, 0) is 46.6 Å². The van der Waals surface area contributed by atoms with Crippen molar-refractivity contribution >= 4 is 45.0 Å². The molecule has 21 heavy (non-hydrogen) atoms. The van der Waals surface area contributed by atoms with Gasteiger partial charge in [-0.3, -0.25) is 0 Å². The van der Waals surface area contributed by atoms with Gasteiger partial charge in [-0.1, -0.05) is 12.1 Å². The molecule has 0 aliphatic heterocycles. The van der Waals surface area contributed by atoms with Crippen LogP contribution in [0.1, 0.15) is 20.8 Å². The highest BCUT2D eigenvalue weighted by molar-refractivity contribution is 9.11. The van der Waals surface area contributed by atoms with Gasteiger partial charge in [-0.2, -0.15) is 0 Å². The number of aromatic carboxylic acids is 1. The summed E-state index contributed by atoms with van der Waals surface area (Å²) in [6.45, 7) is 2.08. The first kappa shape index (κ1) is 15.5. The Labute approximate surface area is 134 Å². The van der Waals surface area contributed by atoms with E-state index in [1.807, 2.05) is 12.1 Å². The van der Waals surface area contributed by atoms with Gasteiger partial charge in [0.1, 0.15) is 0 Å². The summed E-state index contributed by atoms with van der Waals surface area (Å²) in [5.41, 5.74) is 0.987. The van der Waals surface area contributed by atoms with Crippen molar-refractivity contribution in [3.8, 4) is 0 Å². The highest BCUT2D eigenvalue weighted by Crippen LogP contribution is 2.22. The number of halogens is 1. The molecule has 110 valence electrons. The molecule has 0 spiro atoms. The molecule has 2 amide bonds. The van der Waals surface area contributed by atoms with E-state index in [0.717, 1.165) is 8.66 Å². The lowest BCUT2D eigenvalue weighted by atomic mass is 10.1. The van der Waals surface area contributed by atoms with Crippen LogP contribution in [0.5, 0.6) is 0 Å². The van der Waals surface area contributed by atoms with Crippen LogP contribution in [0.3, 0.4) is 0 Å². The first-order chi connectivity index (χ1) is 9.97. The van der Waals surface area contributed by atoms with Crippen molar-refractivity contribution in [3.05, 3.63) is 50.1 Å². The molecule has 0 atom stereocenters. The summed E-state index contributed by atoms with van der Waals surface area (Å²) < 4.78 is 0.992. The minimum atomic E-state index is -1.06. The fourth-order valence-electron chi connectivity index (χ4n) is 1.84. The van der Waals surface area contributed by atoms with Gasteiger partial charge in [0.15, 0.2) is 0 Å². The maximum atomic E-state index is 11.9. The van der Waals surface area contributed by atoms with E-state index in [4.69, 9.17) is 0 Å². The van der Waals surface area contributed by atoms with Gasteiger partial charge in [0.05, 0.1) is 21.6 Å². The summed E-state index contributed by atoms with van der Waals surface area (Å²) in [6.07, 6.45) is 0. The Kier molecular flexibility index (Phi) is 4.98. The van der Waals surface area contributed by atoms with Gasteiger partial charge < -0.3 is 15.7 Å². The third-order valence-electron chi connectivity index (χ3n) is 2.79. The van der Waals surface area contributed by atoms with Crippen molar-refractivity contribution in [2.45, 2.75) is 13.5 Å². The van der Waals surface area contributed by atoms with E-state index in [9.17, 15) is 14.7 Å². The average Bonchev–Trinajstić information content (AvgIpc) is 2.82. The van der Waals surface area contributed by atoms with E-state index in [-0.39, 0.29) is 11.3 Å². The van der Waals surface area contributed by atoms with E-state index < -0.39 is 12.0 Å². The Morgan fingerprint density at radius 1 is 1.29 bits per heavy atom. The van der Waals surface area contributed by atoms with Crippen LogP contribution in [-0.2, 0) is 6.54 Å². The van der Waals surface area contributed by atoms with E-state index >= 15 is 0 Å². The van der Waals surface area contributed by atoms with E-state index in [2.05, 4.69) is 26.6 Å². The second-order valence-corrected chi connectivity index (χ2v) is 6.86. The summed E-state index contributed by atoms with van der Waals surface area (Å²) in [5, 5.41) is 14.5. The summed E-state index contributed by atoms with van der Waals surface area (Å²) in [4.78, 5) is 24.1. The van der Waals surface area contributed by atoms with Gasteiger partial charge in [-0.15, -0.1) is 11.3 Å². The maximum absolute atomic E-state index is 11.9. The molecule has 3 N–H and O–H groups in total. The maximum Gasteiger partial charge on any atom is 0.338 e. The molecule has 1 aromatic heterocycles. The van der Waals surface area contributed by atoms with Crippen LogP contribution < -0.4 is 10.6 Å². The van der Waals surface area contributed by atoms with Crippen molar-refractivity contribution in [2.75, 3.05) is 5.32 Å². The molecule has 0 bridgehead atoms. The molecule has 0 radical (unpaired) electrons. The number of rotatable bonds is 4. The van der Waals surface area contributed by atoms with Gasteiger partial charge in [-0.25, -0.2) is 9.59 Å². The third-order valence-corrected chi connectivity index (χ3v) is 4.41. The first-order valence-electron chi connectivity index (χ1n) is 6.09. The van der Waals surface area contributed by atoms with Gasteiger partial charge >= 0.3 is 12.0 Å². The normalized spacial score (nSPS) is 10.2. The second-order valence-electron chi connectivity index (χ2n) is 4.32. The summed E-state index contributed by atoms with van der Waals surface area (Å²) >= 11 is 4.88. The van der Waals surface area contributed by atoms with Crippen LogP contribution >= 0.6 is 27.3 Å². The number of hydrogen-bond acceptors (Lipinski definition) is 3. The number of urea groups is 1. The summed E-state index contributed by atoms with van der Waals surface area (Å²) in [5.74, 6) is -1.06. The van der Waals surface area contributed by atoms with E-state index in [1.54, 1.807) is 25.1 Å². The van der Waals surface area contributed by atoms with Crippen molar-refractivity contribution in [3.63, 3.8) is 0 Å². The SMILES string of the molecule is Cc1cccc(NC(=O)NCc2ccc(Br)s2)c1C(=O)O. The lowest BCUT2D eigenvalue weighted by molar-refractivity contribution is 0.0697. The fraction of sp³-hybridized carbons (Fsp3) is 0.143. The van der Waals surface area contributed by atoms with Crippen molar-refractivity contribution < 1.29 is 14.7 Å². The molecular formula is C14H13BrN2O3S. The van der Waals surface area contributed by atoms with E-state index in [0.29, 0.717) is 12.1 Å². The predicted molar refractivity (Wildman–Crippen MR) is 86.0 cm³/mol. The number of hydrogen-bond donors (Lipinski definition) is 3. The van der Waals surface area contributed by atoms with E-state index in [1.165, 1.54) is 11.3 Å². The topological polar surface area (TPSA) is 78.4 Å². The Hall–Kier alpha value is -1.86. The molecule has 0 unspecified atom stereocenters. The molecule has 0 saturated heterocycles. The zero-order valence-corrected chi connectivity index (χ0v) is 13.5. The second kappa shape index (κ2) is 6.73. The smallest absolute Gasteiger partial charge is 0.338 e. The number of anilines is 1. The first-order valence-corrected chi connectivity index (χ1v) is 7.70. The third kappa shape index (κ3) is 4.05. The van der Waals surface area contributed by atoms with Crippen molar-refractivity contribution in [1.29, 1.82) is 0 Å². The number of carbonyl (C=O) groups is 2. The molecule has 2 rings (SSSR count). The van der Waals surface area contributed by atoms with Crippen LogP contribution in [0.4, 0.5) is 10.5 Å². The Morgan fingerprint density at radius 2 is 2.05 bits per heavy atom. The van der Waals surface area contributed by atoms with Crippen molar-refractivity contribution in [1.82, 2.24) is 5.32 Å². The monoisotopic (exact) mass is 368 g/mol. The number of amides is 2. The molecule has 5 nitrogen and oxygen atoms in total. The number of carboxylic acid groups (broad SMARTS) is 1. The molecule has 2 aromatic rings. The molecular weight excluding hydrogens is 356 g/mol. The Morgan fingerprint density at radius 3 is 2.67 bits per heavy atom. The minimum Gasteiger partial charge on any atom is -0.478 e. The van der Waals surface area contributed by atoms with Crippen LogP contribution in [0.15, 0.2) is 34.1 Å². The molecule has 0 fully saturated rings. The van der Waals surface area contributed by atoms with Gasteiger partial charge in [0, 0.05) is 4.88 Å². The number of thiophene rings is 1.